The summed E-state index contributed by atoms with van der Waals surface area (Å²) in [4.78, 5) is 56.4. The summed E-state index contributed by atoms with van der Waals surface area (Å²) in [5.74, 6) is -0.684. The van der Waals surface area contributed by atoms with Crippen molar-refractivity contribution < 1.29 is 38.5 Å². The van der Waals surface area contributed by atoms with E-state index < -0.39 is 22.9 Å². The first kappa shape index (κ1) is 45.4. The maximum Gasteiger partial charge on any atom is 0.306 e. The number of likely N-dealkylation sites (N-methyl/N-ethyl adjacent to an activating group) is 1. The average molecular weight is 821 g/mol. The van der Waals surface area contributed by atoms with Crippen LogP contribution in [-0.4, -0.2) is 83.0 Å². The molecule has 0 heterocycles. The first-order valence-electron chi connectivity index (χ1n) is 22.4. The first-order valence-corrected chi connectivity index (χ1v) is 22.4. The molecule has 328 valence electrons. The minimum absolute atomic E-state index is 0.00638. The van der Waals surface area contributed by atoms with Crippen molar-refractivity contribution in [1.82, 2.24) is 9.80 Å². The topological polar surface area (TPSA) is 124 Å². The number of carbonyl (C=O) groups excluding carboxylic acids is 3. The number of aliphatic carboxylic acids is 1. The Labute approximate surface area is 352 Å². The van der Waals surface area contributed by atoms with Crippen LogP contribution < -0.4 is 0 Å². The lowest BCUT2D eigenvalue weighted by molar-refractivity contribution is -0.235. The molecule has 9 nitrogen and oxygen atoms in total. The van der Waals surface area contributed by atoms with Gasteiger partial charge in [0.15, 0.2) is 5.78 Å². The Bertz CT molecular complexity index is 1840. The van der Waals surface area contributed by atoms with Crippen molar-refractivity contribution in [3.63, 3.8) is 0 Å². The van der Waals surface area contributed by atoms with E-state index in [0.717, 1.165) is 61.7 Å². The van der Waals surface area contributed by atoms with Crippen LogP contribution in [0, 0.1) is 62.0 Å². The van der Waals surface area contributed by atoms with E-state index in [0.29, 0.717) is 18.3 Å². The van der Waals surface area contributed by atoms with Crippen LogP contribution in [0.15, 0.2) is 35.4 Å². The number of esters is 1. The first-order chi connectivity index (χ1) is 27.3. The van der Waals surface area contributed by atoms with Gasteiger partial charge in [-0.1, -0.05) is 80.0 Å². The van der Waals surface area contributed by atoms with Crippen LogP contribution in [0.2, 0.25) is 0 Å². The third-order valence-corrected chi connectivity index (χ3v) is 17.1. The van der Waals surface area contributed by atoms with Gasteiger partial charge in [0.2, 0.25) is 5.91 Å². The molecule has 4 fully saturated rings. The van der Waals surface area contributed by atoms with Crippen LogP contribution in [0.1, 0.15) is 139 Å². The van der Waals surface area contributed by atoms with Gasteiger partial charge in [-0.15, -0.1) is 0 Å². The molecule has 5 aliphatic rings. The van der Waals surface area contributed by atoms with Gasteiger partial charge in [-0.25, -0.2) is 4.39 Å². The molecule has 0 spiro atoms. The Kier molecular flexibility index (Phi) is 12.3. The quantitative estimate of drug-likeness (QED) is 0.189. The van der Waals surface area contributed by atoms with Crippen LogP contribution in [0.25, 0.3) is 0 Å². The summed E-state index contributed by atoms with van der Waals surface area (Å²) in [6.45, 7) is 20.4. The summed E-state index contributed by atoms with van der Waals surface area (Å²) in [6.07, 6.45) is 6.31. The minimum Gasteiger partial charge on any atom is -0.481 e. The van der Waals surface area contributed by atoms with Gasteiger partial charge in [0.1, 0.15) is 11.9 Å². The fourth-order valence-corrected chi connectivity index (χ4v) is 14.2. The lowest BCUT2D eigenvalue weighted by Gasteiger charge is -2.72. The molecule has 9 atom stereocenters. The molecule has 0 aromatic heterocycles. The SMILES string of the molecule is CC(C)C1=C2[C@H]3CC[C@@H]4[C@@]5(C)CC[C@H](OC(=O)CC(C)(C)CC(=O)O)C(C)(C)[C@@H]5CC[C@@]4(C)[C@]3(C)CCC2(C(O)CN(Cc2ccc(F)cc2)C(=O)CN(C)C)CC1=O. The van der Waals surface area contributed by atoms with Gasteiger partial charge in [0, 0.05) is 30.3 Å². The number of ether oxygens (including phenoxy) is 1. The number of carbonyl (C=O) groups is 4. The van der Waals surface area contributed by atoms with Gasteiger partial charge in [0.05, 0.1) is 25.5 Å². The zero-order valence-electron chi connectivity index (χ0n) is 37.9. The van der Waals surface area contributed by atoms with E-state index in [1.54, 1.807) is 30.9 Å². The zero-order valence-corrected chi connectivity index (χ0v) is 37.9. The summed E-state index contributed by atoms with van der Waals surface area (Å²) in [5.41, 5.74) is 0.986. The highest BCUT2D eigenvalue weighted by Gasteiger charge is 2.71. The average Bonchev–Trinajstić information content (AvgIpc) is 3.42. The van der Waals surface area contributed by atoms with Gasteiger partial charge >= 0.3 is 11.9 Å². The van der Waals surface area contributed by atoms with E-state index in [1.807, 2.05) is 19.0 Å². The Hall–Kier alpha value is -3.11. The lowest BCUT2D eigenvalue weighted by Crippen LogP contribution is -2.66. The molecule has 1 aromatic rings. The van der Waals surface area contributed by atoms with Crippen LogP contribution in [0.4, 0.5) is 4.39 Å². The van der Waals surface area contributed by atoms with Crippen LogP contribution in [0.3, 0.4) is 0 Å². The molecule has 1 aromatic carbocycles. The highest BCUT2D eigenvalue weighted by atomic mass is 19.1. The van der Waals surface area contributed by atoms with Crippen LogP contribution in [-0.2, 0) is 30.5 Å². The van der Waals surface area contributed by atoms with Crippen molar-refractivity contribution in [3.8, 4) is 0 Å². The van der Waals surface area contributed by atoms with Gasteiger partial charge in [0.25, 0.3) is 0 Å². The summed E-state index contributed by atoms with van der Waals surface area (Å²) < 4.78 is 20.1. The number of carboxylic acid groups (broad SMARTS) is 1. The highest BCUT2D eigenvalue weighted by Crippen LogP contribution is 2.77. The summed E-state index contributed by atoms with van der Waals surface area (Å²) in [7, 11) is 3.69. The minimum atomic E-state index is -0.943. The number of hydrogen-bond acceptors (Lipinski definition) is 7. The summed E-state index contributed by atoms with van der Waals surface area (Å²) in [6, 6.07) is 6.16. The van der Waals surface area contributed by atoms with E-state index in [2.05, 4.69) is 48.5 Å². The molecular formula is C49H73FN2O7. The molecule has 2 N–H and O–H groups in total. The smallest absolute Gasteiger partial charge is 0.306 e. The Morgan fingerprint density at radius 1 is 0.898 bits per heavy atom. The standard InChI is InChI=1S/C49H73FN2O7/c1-30(2)42-34(53)24-49(37(54)28-52(39(55)29-51(10)11)27-31-12-14-32(50)15-13-31)23-22-47(8)33(43(42)49)16-17-36-46(7)20-19-38(45(5,6)35(46)18-21-48(36,47)9)59-41(58)26-44(3,4)25-40(56)57/h12-15,30,33,35-38,54H,16-29H2,1-11H3,(H,56,57)/t33-,35+,36-,37?,38+,46+,47-,48-,49?/m1/s1. The van der Waals surface area contributed by atoms with Gasteiger partial charge in [-0.2, -0.15) is 0 Å². The fourth-order valence-electron chi connectivity index (χ4n) is 14.2. The highest BCUT2D eigenvalue weighted by molar-refractivity contribution is 6.00. The number of ketones is 1. The van der Waals surface area contributed by atoms with Crippen molar-refractivity contribution >= 4 is 23.6 Å². The molecule has 0 radical (unpaired) electrons. The number of rotatable bonds is 13. The maximum atomic E-state index is 14.3. The van der Waals surface area contributed by atoms with Gasteiger partial charge in [-0.3, -0.25) is 19.2 Å². The Morgan fingerprint density at radius 3 is 2.17 bits per heavy atom. The number of allylic oxidation sites excluding steroid dienone is 1. The monoisotopic (exact) mass is 821 g/mol. The normalized spacial score (nSPS) is 34.5. The second-order valence-corrected chi connectivity index (χ2v) is 22.3. The number of hydrogen-bond donors (Lipinski definition) is 2. The number of nitrogens with zero attached hydrogens (tertiary/aromatic N) is 2. The molecule has 1 amide bonds. The number of benzene rings is 1. The predicted molar refractivity (Wildman–Crippen MR) is 226 cm³/mol. The second kappa shape index (κ2) is 16.0. The molecule has 0 bridgehead atoms. The summed E-state index contributed by atoms with van der Waals surface area (Å²) >= 11 is 0. The van der Waals surface area contributed by atoms with E-state index in [9.17, 15) is 33.8 Å². The van der Waals surface area contributed by atoms with Crippen molar-refractivity contribution in [2.75, 3.05) is 27.2 Å². The number of fused-ring (bicyclic) bond motifs is 7. The van der Waals surface area contributed by atoms with Crippen molar-refractivity contribution in [3.05, 3.63) is 46.8 Å². The third-order valence-electron chi connectivity index (χ3n) is 17.1. The van der Waals surface area contributed by atoms with Crippen molar-refractivity contribution in [1.29, 1.82) is 0 Å². The predicted octanol–water partition coefficient (Wildman–Crippen LogP) is 8.86. The number of aliphatic hydroxyl groups is 1. The van der Waals surface area contributed by atoms with Gasteiger partial charge < -0.3 is 24.7 Å². The van der Waals surface area contributed by atoms with E-state index >= 15 is 0 Å². The van der Waals surface area contributed by atoms with E-state index in [4.69, 9.17) is 4.74 Å². The molecule has 0 aliphatic heterocycles. The van der Waals surface area contributed by atoms with Gasteiger partial charge in [-0.05, 0) is 134 Å². The lowest BCUT2D eigenvalue weighted by atomic mass is 9.33. The second-order valence-electron chi connectivity index (χ2n) is 22.3. The largest absolute Gasteiger partial charge is 0.481 e. The molecule has 0 saturated heterocycles. The zero-order chi connectivity index (χ0) is 43.7. The third kappa shape index (κ3) is 7.96. The van der Waals surface area contributed by atoms with E-state index in [1.165, 1.54) is 12.1 Å². The van der Waals surface area contributed by atoms with E-state index in [-0.39, 0.29) is 102 Å². The number of Topliss-reactive ketones (excluding diaryl/α,β-unsaturated/α-hetero) is 1. The summed E-state index contributed by atoms with van der Waals surface area (Å²) in [5, 5.41) is 22.0. The molecule has 4 saturated carbocycles. The molecule has 2 unspecified atom stereocenters. The number of halogens is 1. The van der Waals surface area contributed by atoms with Crippen molar-refractivity contribution in [2.45, 2.75) is 152 Å². The Morgan fingerprint density at radius 2 is 1.56 bits per heavy atom. The maximum absolute atomic E-state index is 14.3. The fraction of sp³-hybridized carbons (Fsp3) is 0.755. The van der Waals surface area contributed by atoms with Crippen LogP contribution >= 0.6 is 0 Å². The molecular weight excluding hydrogens is 748 g/mol. The van der Waals surface area contributed by atoms with Crippen LogP contribution in [0.5, 0.6) is 0 Å². The molecule has 10 heteroatoms. The number of amides is 1. The van der Waals surface area contributed by atoms with Crippen molar-refractivity contribution in [2.24, 2.45) is 56.2 Å². The molecule has 59 heavy (non-hydrogen) atoms. The number of carboxylic acids is 1. The molecule has 5 aliphatic carbocycles. The molecule has 6 rings (SSSR count). The Balaban J connectivity index is 1.29. The number of aliphatic hydroxyl groups excluding tert-OH is 1.